The molecule has 1 rings (SSSR count). The molecule has 0 bridgehead atoms. The zero-order chi connectivity index (χ0) is 9.84. The van der Waals surface area contributed by atoms with Gasteiger partial charge in [-0.05, 0) is 53.5 Å². The lowest BCUT2D eigenvalue weighted by atomic mass is 10.0. The van der Waals surface area contributed by atoms with E-state index in [1.54, 1.807) is 11.1 Å². The minimum absolute atomic E-state index is 0.719. The lowest BCUT2D eigenvalue weighted by molar-refractivity contribution is 0.232. The second kappa shape index (κ2) is 4.80. The van der Waals surface area contributed by atoms with Crippen LogP contribution in [0.3, 0.4) is 0 Å². The third kappa shape index (κ3) is 3.15. The Kier molecular flexibility index (Phi) is 3.98. The standard InChI is InChI=1S/C12H23N/c1-10(2)12-6-5-8-13(9-7-12)11(3)4/h11H,5-9H2,1-4H3. The van der Waals surface area contributed by atoms with Crippen molar-refractivity contribution in [3.8, 4) is 0 Å². The molecule has 1 aliphatic heterocycles. The van der Waals surface area contributed by atoms with E-state index < -0.39 is 0 Å². The number of nitrogens with zero attached hydrogens (tertiary/aromatic N) is 1. The molecule has 1 nitrogen and oxygen atoms in total. The Bertz CT molecular complexity index is 187. The van der Waals surface area contributed by atoms with E-state index in [0.29, 0.717) is 0 Å². The largest absolute Gasteiger partial charge is 0.301 e. The Morgan fingerprint density at radius 3 is 2.38 bits per heavy atom. The zero-order valence-corrected chi connectivity index (χ0v) is 9.56. The predicted molar refractivity (Wildman–Crippen MR) is 58.9 cm³/mol. The average Bonchev–Trinajstić information content (AvgIpc) is 2.27. The van der Waals surface area contributed by atoms with E-state index in [1.165, 1.54) is 32.4 Å². The van der Waals surface area contributed by atoms with Gasteiger partial charge < -0.3 is 4.90 Å². The number of rotatable bonds is 1. The lowest BCUT2D eigenvalue weighted by Gasteiger charge is -2.23. The summed E-state index contributed by atoms with van der Waals surface area (Å²) in [4.78, 5) is 2.59. The van der Waals surface area contributed by atoms with Gasteiger partial charge in [0, 0.05) is 12.6 Å². The Morgan fingerprint density at radius 1 is 1.15 bits per heavy atom. The molecule has 0 saturated carbocycles. The SMILES string of the molecule is CC(C)=C1CCCN(C(C)C)CC1. The second-order valence-electron chi connectivity index (χ2n) is 4.59. The summed E-state index contributed by atoms with van der Waals surface area (Å²) >= 11 is 0. The van der Waals surface area contributed by atoms with E-state index in [0.717, 1.165) is 6.04 Å². The van der Waals surface area contributed by atoms with E-state index >= 15 is 0 Å². The van der Waals surface area contributed by atoms with Crippen molar-refractivity contribution in [3.63, 3.8) is 0 Å². The van der Waals surface area contributed by atoms with Gasteiger partial charge in [-0.1, -0.05) is 11.1 Å². The van der Waals surface area contributed by atoms with Gasteiger partial charge in [-0.25, -0.2) is 0 Å². The van der Waals surface area contributed by atoms with E-state index in [9.17, 15) is 0 Å². The van der Waals surface area contributed by atoms with E-state index in [1.807, 2.05) is 0 Å². The molecule has 0 atom stereocenters. The summed E-state index contributed by atoms with van der Waals surface area (Å²) in [7, 11) is 0. The van der Waals surface area contributed by atoms with Crippen molar-refractivity contribution in [2.45, 2.75) is 53.0 Å². The van der Waals surface area contributed by atoms with Crippen molar-refractivity contribution >= 4 is 0 Å². The molecule has 1 fully saturated rings. The number of hydrogen-bond acceptors (Lipinski definition) is 1. The van der Waals surface area contributed by atoms with E-state index in [4.69, 9.17) is 0 Å². The van der Waals surface area contributed by atoms with Gasteiger partial charge in [-0.2, -0.15) is 0 Å². The highest BCUT2D eigenvalue weighted by atomic mass is 15.1. The van der Waals surface area contributed by atoms with Crippen LogP contribution in [0.15, 0.2) is 11.1 Å². The maximum absolute atomic E-state index is 2.59. The van der Waals surface area contributed by atoms with Gasteiger partial charge in [-0.3, -0.25) is 0 Å². The predicted octanol–water partition coefficient (Wildman–Crippen LogP) is 3.22. The minimum atomic E-state index is 0.719. The summed E-state index contributed by atoms with van der Waals surface area (Å²) in [5.74, 6) is 0. The van der Waals surface area contributed by atoms with Gasteiger partial charge in [0.25, 0.3) is 0 Å². The van der Waals surface area contributed by atoms with Gasteiger partial charge in [0.15, 0.2) is 0 Å². The molecular weight excluding hydrogens is 158 g/mol. The average molecular weight is 181 g/mol. The van der Waals surface area contributed by atoms with Crippen molar-refractivity contribution in [1.82, 2.24) is 4.90 Å². The highest BCUT2D eigenvalue weighted by Gasteiger charge is 2.14. The van der Waals surface area contributed by atoms with Crippen LogP contribution in [0, 0.1) is 0 Å². The van der Waals surface area contributed by atoms with Gasteiger partial charge in [0.1, 0.15) is 0 Å². The Labute approximate surface area is 82.8 Å². The van der Waals surface area contributed by atoms with Gasteiger partial charge in [-0.15, -0.1) is 0 Å². The van der Waals surface area contributed by atoms with Crippen molar-refractivity contribution in [2.24, 2.45) is 0 Å². The maximum atomic E-state index is 2.59. The van der Waals surface area contributed by atoms with Crippen LogP contribution in [0.25, 0.3) is 0 Å². The number of likely N-dealkylation sites (tertiary alicyclic amines) is 1. The minimum Gasteiger partial charge on any atom is -0.301 e. The molecule has 0 aliphatic carbocycles. The number of hydrogen-bond donors (Lipinski definition) is 0. The van der Waals surface area contributed by atoms with Gasteiger partial charge in [0.2, 0.25) is 0 Å². The lowest BCUT2D eigenvalue weighted by Crippen LogP contribution is -2.31. The van der Waals surface area contributed by atoms with Gasteiger partial charge >= 0.3 is 0 Å². The normalized spacial score (nSPS) is 20.5. The molecular formula is C12H23N. The number of allylic oxidation sites excluding steroid dienone is 1. The van der Waals surface area contributed by atoms with Crippen LogP contribution in [-0.2, 0) is 0 Å². The second-order valence-corrected chi connectivity index (χ2v) is 4.59. The highest BCUT2D eigenvalue weighted by molar-refractivity contribution is 5.11. The molecule has 76 valence electrons. The quantitative estimate of drug-likeness (QED) is 0.561. The molecule has 0 N–H and O–H groups in total. The van der Waals surface area contributed by atoms with Crippen LogP contribution >= 0.6 is 0 Å². The summed E-state index contributed by atoms with van der Waals surface area (Å²) < 4.78 is 0. The first-order chi connectivity index (χ1) is 6.11. The molecule has 1 heteroatoms. The van der Waals surface area contributed by atoms with Crippen molar-refractivity contribution in [1.29, 1.82) is 0 Å². The fourth-order valence-electron chi connectivity index (χ4n) is 2.03. The first kappa shape index (κ1) is 10.8. The molecule has 0 amide bonds. The molecule has 1 saturated heterocycles. The van der Waals surface area contributed by atoms with Crippen LogP contribution in [0.2, 0.25) is 0 Å². The molecule has 0 radical (unpaired) electrons. The third-order valence-electron chi connectivity index (χ3n) is 3.06. The molecule has 1 heterocycles. The summed E-state index contributed by atoms with van der Waals surface area (Å²) in [6.07, 6.45) is 3.96. The van der Waals surface area contributed by atoms with Crippen LogP contribution in [-0.4, -0.2) is 24.0 Å². The third-order valence-corrected chi connectivity index (χ3v) is 3.06. The molecule has 0 aromatic rings. The van der Waals surface area contributed by atoms with E-state index in [-0.39, 0.29) is 0 Å². The Morgan fingerprint density at radius 2 is 1.85 bits per heavy atom. The molecule has 0 aromatic carbocycles. The smallest absolute Gasteiger partial charge is 0.00387 e. The molecule has 0 spiro atoms. The first-order valence-corrected chi connectivity index (χ1v) is 5.50. The summed E-state index contributed by atoms with van der Waals surface area (Å²) in [6.45, 7) is 11.6. The van der Waals surface area contributed by atoms with Crippen LogP contribution in [0.1, 0.15) is 47.0 Å². The van der Waals surface area contributed by atoms with E-state index in [2.05, 4.69) is 32.6 Å². The molecule has 1 aliphatic rings. The topological polar surface area (TPSA) is 3.24 Å². The maximum Gasteiger partial charge on any atom is 0.00387 e. The molecule has 0 unspecified atom stereocenters. The Hall–Kier alpha value is -0.300. The summed E-state index contributed by atoms with van der Waals surface area (Å²) in [5.41, 5.74) is 3.24. The zero-order valence-electron chi connectivity index (χ0n) is 9.56. The van der Waals surface area contributed by atoms with Gasteiger partial charge in [0.05, 0.1) is 0 Å². The van der Waals surface area contributed by atoms with Crippen molar-refractivity contribution < 1.29 is 0 Å². The van der Waals surface area contributed by atoms with Crippen LogP contribution < -0.4 is 0 Å². The fraction of sp³-hybridized carbons (Fsp3) is 0.833. The van der Waals surface area contributed by atoms with Crippen molar-refractivity contribution in [3.05, 3.63) is 11.1 Å². The first-order valence-electron chi connectivity index (χ1n) is 5.50. The fourth-order valence-corrected chi connectivity index (χ4v) is 2.03. The highest BCUT2D eigenvalue weighted by Crippen LogP contribution is 2.20. The monoisotopic (exact) mass is 181 g/mol. The molecule has 0 aromatic heterocycles. The van der Waals surface area contributed by atoms with Crippen LogP contribution in [0.5, 0.6) is 0 Å². The summed E-state index contributed by atoms with van der Waals surface area (Å²) in [5, 5.41) is 0. The Balaban J connectivity index is 2.54. The summed E-state index contributed by atoms with van der Waals surface area (Å²) in [6, 6.07) is 0.719. The molecule has 13 heavy (non-hydrogen) atoms. The van der Waals surface area contributed by atoms with Crippen LogP contribution in [0.4, 0.5) is 0 Å². The van der Waals surface area contributed by atoms with Crippen molar-refractivity contribution in [2.75, 3.05) is 13.1 Å².